The Hall–Kier alpha value is -2.47. The SMILES string of the molecule is Cc1cnc2c(c1)Cn1c-2cc2c(c1=O)COC(=O)C2O. The number of nitrogens with zero attached hydrogens (tertiary/aromatic N) is 2. The van der Waals surface area contributed by atoms with Crippen molar-refractivity contribution in [3.05, 3.63) is 50.9 Å². The number of carbonyl (C=O) groups is 1. The number of hydrogen-bond acceptors (Lipinski definition) is 5. The first-order valence-electron chi connectivity index (χ1n) is 6.63. The van der Waals surface area contributed by atoms with Crippen LogP contribution in [0.15, 0.2) is 23.1 Å². The second-order valence-electron chi connectivity index (χ2n) is 5.39. The summed E-state index contributed by atoms with van der Waals surface area (Å²) in [6, 6.07) is 3.67. The molecule has 6 nitrogen and oxygen atoms in total. The molecule has 106 valence electrons. The summed E-state index contributed by atoms with van der Waals surface area (Å²) in [6.45, 7) is 2.31. The molecule has 6 heteroatoms. The number of aliphatic hydroxyl groups excluding tert-OH is 1. The molecule has 0 aliphatic carbocycles. The van der Waals surface area contributed by atoms with Crippen molar-refractivity contribution in [3.63, 3.8) is 0 Å². The minimum atomic E-state index is -1.40. The van der Waals surface area contributed by atoms with E-state index in [1.54, 1.807) is 16.8 Å². The topological polar surface area (TPSA) is 81.4 Å². The molecule has 0 bridgehead atoms. The molecule has 0 radical (unpaired) electrons. The third kappa shape index (κ3) is 1.59. The molecule has 0 spiro atoms. The number of aliphatic hydroxyl groups is 1. The Morgan fingerprint density at radius 1 is 1.38 bits per heavy atom. The average Bonchev–Trinajstić information content (AvgIpc) is 2.82. The summed E-state index contributed by atoms with van der Waals surface area (Å²) in [5.74, 6) is -0.720. The standard InChI is InChI=1S/C15H12N2O4/c1-7-2-8-5-17-11(12(8)16-4-7)3-9-10(14(17)19)6-21-15(20)13(9)18/h2-4,13,18H,5-6H2,1H3. The molecule has 0 saturated heterocycles. The number of pyridine rings is 2. The van der Waals surface area contributed by atoms with Gasteiger partial charge in [-0.2, -0.15) is 0 Å². The normalized spacial score (nSPS) is 18.8. The smallest absolute Gasteiger partial charge is 0.340 e. The molecule has 1 atom stereocenters. The zero-order valence-electron chi connectivity index (χ0n) is 11.3. The summed E-state index contributed by atoms with van der Waals surface area (Å²) in [7, 11) is 0. The van der Waals surface area contributed by atoms with Crippen molar-refractivity contribution >= 4 is 5.97 Å². The van der Waals surface area contributed by atoms with E-state index in [0.717, 1.165) is 16.8 Å². The second kappa shape index (κ2) is 4.02. The highest BCUT2D eigenvalue weighted by atomic mass is 16.5. The van der Waals surface area contributed by atoms with Crippen molar-refractivity contribution in [2.45, 2.75) is 26.2 Å². The monoisotopic (exact) mass is 284 g/mol. The molecule has 1 N–H and O–H groups in total. The van der Waals surface area contributed by atoms with Crippen LogP contribution in [0.1, 0.15) is 28.4 Å². The van der Waals surface area contributed by atoms with Crippen LogP contribution in [0.4, 0.5) is 0 Å². The molecule has 2 aromatic rings. The van der Waals surface area contributed by atoms with E-state index in [0.29, 0.717) is 23.4 Å². The Kier molecular flexibility index (Phi) is 2.35. The summed E-state index contributed by atoms with van der Waals surface area (Å²) >= 11 is 0. The van der Waals surface area contributed by atoms with Crippen LogP contribution in [0, 0.1) is 6.92 Å². The Balaban J connectivity index is 2.00. The summed E-state index contributed by atoms with van der Waals surface area (Å²) in [4.78, 5) is 28.4. The summed E-state index contributed by atoms with van der Waals surface area (Å²) in [5.41, 5.74) is 3.81. The Bertz CT molecular complexity index is 853. The highest BCUT2D eigenvalue weighted by Gasteiger charge is 2.33. The molecule has 2 aliphatic heterocycles. The number of aryl methyl sites for hydroxylation is 1. The van der Waals surface area contributed by atoms with Crippen LogP contribution < -0.4 is 5.56 Å². The van der Waals surface area contributed by atoms with Crippen molar-refractivity contribution in [2.75, 3.05) is 0 Å². The van der Waals surface area contributed by atoms with Crippen LogP contribution in [0.5, 0.6) is 0 Å². The van der Waals surface area contributed by atoms with Gasteiger partial charge in [-0.15, -0.1) is 0 Å². The van der Waals surface area contributed by atoms with Gasteiger partial charge in [0.1, 0.15) is 6.61 Å². The maximum absolute atomic E-state index is 12.5. The first kappa shape index (κ1) is 12.3. The first-order chi connectivity index (χ1) is 10.1. The van der Waals surface area contributed by atoms with Crippen molar-refractivity contribution < 1.29 is 14.6 Å². The third-order valence-corrected chi connectivity index (χ3v) is 3.99. The minimum Gasteiger partial charge on any atom is -0.458 e. The van der Waals surface area contributed by atoms with Gasteiger partial charge in [0.15, 0.2) is 6.10 Å². The average molecular weight is 284 g/mol. The Morgan fingerprint density at radius 3 is 3.00 bits per heavy atom. The third-order valence-electron chi connectivity index (χ3n) is 3.99. The zero-order chi connectivity index (χ0) is 14.7. The molecule has 2 aliphatic rings. The molecule has 0 saturated carbocycles. The number of cyclic esters (lactones) is 1. The van der Waals surface area contributed by atoms with Gasteiger partial charge in [0.25, 0.3) is 5.56 Å². The molecule has 1 unspecified atom stereocenters. The molecule has 2 aromatic heterocycles. The molecule has 0 aromatic carbocycles. The van der Waals surface area contributed by atoms with Gasteiger partial charge >= 0.3 is 5.97 Å². The van der Waals surface area contributed by atoms with E-state index in [4.69, 9.17) is 4.74 Å². The van der Waals surface area contributed by atoms with E-state index in [2.05, 4.69) is 4.98 Å². The van der Waals surface area contributed by atoms with Crippen LogP contribution in [0.2, 0.25) is 0 Å². The molecule has 21 heavy (non-hydrogen) atoms. The Labute approximate surface area is 119 Å². The number of carbonyl (C=O) groups excluding carboxylic acids is 1. The molecule has 4 rings (SSSR count). The van der Waals surface area contributed by atoms with Gasteiger partial charge in [-0.1, -0.05) is 6.07 Å². The number of ether oxygens (including phenoxy) is 1. The fraction of sp³-hybridized carbons (Fsp3) is 0.267. The fourth-order valence-corrected chi connectivity index (χ4v) is 2.95. The maximum Gasteiger partial charge on any atom is 0.340 e. The van der Waals surface area contributed by atoms with Crippen molar-refractivity contribution in [3.8, 4) is 11.4 Å². The molecular formula is C15H12N2O4. The fourth-order valence-electron chi connectivity index (χ4n) is 2.95. The predicted octanol–water partition coefficient (Wildman–Crippen LogP) is 0.671. The summed E-state index contributed by atoms with van der Waals surface area (Å²) < 4.78 is 6.45. The number of hydrogen-bond donors (Lipinski definition) is 1. The van der Waals surface area contributed by atoms with Gasteiger partial charge < -0.3 is 14.4 Å². The predicted molar refractivity (Wildman–Crippen MR) is 72.5 cm³/mol. The molecule has 4 heterocycles. The van der Waals surface area contributed by atoms with Gasteiger partial charge in [0.05, 0.1) is 23.5 Å². The summed E-state index contributed by atoms with van der Waals surface area (Å²) in [6.07, 6.45) is 0.338. The number of fused-ring (bicyclic) bond motifs is 4. The second-order valence-corrected chi connectivity index (χ2v) is 5.39. The highest BCUT2D eigenvalue weighted by molar-refractivity contribution is 5.79. The van der Waals surface area contributed by atoms with Gasteiger partial charge in [-0.3, -0.25) is 9.78 Å². The van der Waals surface area contributed by atoms with Crippen LogP contribution >= 0.6 is 0 Å². The van der Waals surface area contributed by atoms with Crippen molar-refractivity contribution in [1.82, 2.24) is 9.55 Å². The van der Waals surface area contributed by atoms with Gasteiger partial charge in [0.2, 0.25) is 0 Å². The van der Waals surface area contributed by atoms with Crippen molar-refractivity contribution in [2.24, 2.45) is 0 Å². The lowest BCUT2D eigenvalue weighted by atomic mass is 10.0. The van der Waals surface area contributed by atoms with E-state index in [9.17, 15) is 14.7 Å². The lowest BCUT2D eigenvalue weighted by Crippen LogP contribution is -2.32. The summed E-state index contributed by atoms with van der Waals surface area (Å²) in [5, 5.41) is 9.93. The van der Waals surface area contributed by atoms with Crippen LogP contribution in [-0.2, 0) is 22.7 Å². The van der Waals surface area contributed by atoms with E-state index in [1.165, 1.54) is 0 Å². The Morgan fingerprint density at radius 2 is 2.19 bits per heavy atom. The molecule has 0 amide bonds. The minimum absolute atomic E-state index is 0.0901. The van der Waals surface area contributed by atoms with Crippen LogP contribution in [-0.4, -0.2) is 20.6 Å². The van der Waals surface area contributed by atoms with E-state index in [1.807, 2.05) is 13.0 Å². The lowest BCUT2D eigenvalue weighted by Gasteiger charge is -2.21. The van der Waals surface area contributed by atoms with E-state index < -0.39 is 12.1 Å². The maximum atomic E-state index is 12.5. The van der Waals surface area contributed by atoms with Gasteiger partial charge in [-0.25, -0.2) is 4.79 Å². The van der Waals surface area contributed by atoms with Crippen LogP contribution in [0.25, 0.3) is 11.4 Å². The van der Waals surface area contributed by atoms with Crippen molar-refractivity contribution in [1.29, 1.82) is 0 Å². The van der Waals surface area contributed by atoms with Gasteiger partial charge in [0, 0.05) is 17.3 Å². The van der Waals surface area contributed by atoms with E-state index >= 15 is 0 Å². The zero-order valence-corrected chi connectivity index (χ0v) is 11.3. The van der Waals surface area contributed by atoms with Gasteiger partial charge in [-0.05, 0) is 18.6 Å². The molecule has 0 fully saturated rings. The number of aromatic nitrogens is 2. The van der Waals surface area contributed by atoms with E-state index in [-0.39, 0.29) is 12.2 Å². The number of esters is 1. The van der Waals surface area contributed by atoms with Crippen LogP contribution in [0.3, 0.4) is 0 Å². The highest BCUT2D eigenvalue weighted by Crippen LogP contribution is 2.33. The quantitative estimate of drug-likeness (QED) is 0.614. The molecular weight excluding hydrogens is 272 g/mol. The number of rotatable bonds is 0. The largest absolute Gasteiger partial charge is 0.458 e. The lowest BCUT2D eigenvalue weighted by molar-refractivity contribution is -0.157. The first-order valence-corrected chi connectivity index (χ1v) is 6.63.